The number of hydrogen-bond donors (Lipinski definition) is 1. The van der Waals surface area contributed by atoms with Crippen molar-refractivity contribution in [3.8, 4) is 5.75 Å². The molecule has 0 aliphatic carbocycles. The van der Waals surface area contributed by atoms with Gasteiger partial charge in [0.05, 0.1) is 17.8 Å². The number of methoxy groups -OCH3 is 1. The van der Waals surface area contributed by atoms with Crippen molar-refractivity contribution in [1.82, 2.24) is 0 Å². The highest BCUT2D eigenvalue weighted by molar-refractivity contribution is 6.33. The summed E-state index contributed by atoms with van der Waals surface area (Å²) in [6, 6.07) is 5.72. The Balaban J connectivity index is 2.78. The van der Waals surface area contributed by atoms with Crippen LogP contribution >= 0.6 is 11.6 Å². The molecule has 0 spiro atoms. The van der Waals surface area contributed by atoms with Crippen molar-refractivity contribution < 1.29 is 4.74 Å². The molecule has 1 unspecified atom stereocenters. The normalized spacial score (nSPS) is 12.3. The van der Waals surface area contributed by atoms with Gasteiger partial charge in [-0.05, 0) is 24.6 Å². The van der Waals surface area contributed by atoms with E-state index in [0.717, 1.165) is 24.4 Å². The molecule has 0 saturated carbocycles. The summed E-state index contributed by atoms with van der Waals surface area (Å²) in [6.45, 7) is 3.77. The average molecular weight is 257 g/mol. The van der Waals surface area contributed by atoms with Crippen LogP contribution in [0.1, 0.15) is 13.3 Å². The number of nitrogens with zero attached hydrogens (tertiary/aromatic N) is 1. The summed E-state index contributed by atoms with van der Waals surface area (Å²) >= 11 is 6.22. The van der Waals surface area contributed by atoms with E-state index in [2.05, 4.69) is 11.8 Å². The zero-order chi connectivity index (χ0) is 12.8. The van der Waals surface area contributed by atoms with E-state index in [1.165, 1.54) is 0 Å². The maximum absolute atomic E-state index is 6.22. The number of rotatable bonds is 6. The fourth-order valence-corrected chi connectivity index (χ4v) is 2.09. The Hall–Kier alpha value is -0.930. The number of anilines is 1. The number of ether oxygens (including phenoxy) is 1. The van der Waals surface area contributed by atoms with Gasteiger partial charge in [-0.1, -0.05) is 24.9 Å². The van der Waals surface area contributed by atoms with E-state index >= 15 is 0 Å². The van der Waals surface area contributed by atoms with Gasteiger partial charge in [0.15, 0.2) is 0 Å². The summed E-state index contributed by atoms with van der Waals surface area (Å²) in [6.07, 6.45) is 1.08. The van der Waals surface area contributed by atoms with Gasteiger partial charge in [-0.2, -0.15) is 0 Å². The van der Waals surface area contributed by atoms with Crippen LogP contribution in [0.5, 0.6) is 5.75 Å². The molecule has 1 aromatic carbocycles. The Morgan fingerprint density at radius 3 is 2.65 bits per heavy atom. The third-order valence-electron chi connectivity index (χ3n) is 3.01. The van der Waals surface area contributed by atoms with Crippen molar-refractivity contribution >= 4 is 17.3 Å². The highest BCUT2D eigenvalue weighted by Crippen LogP contribution is 2.29. The molecule has 4 heteroatoms. The molecule has 0 radical (unpaired) electrons. The fraction of sp³-hybridized carbons (Fsp3) is 0.538. The van der Waals surface area contributed by atoms with Crippen LogP contribution in [0.15, 0.2) is 18.2 Å². The lowest BCUT2D eigenvalue weighted by Gasteiger charge is -2.25. The van der Waals surface area contributed by atoms with E-state index in [9.17, 15) is 0 Å². The van der Waals surface area contributed by atoms with Gasteiger partial charge < -0.3 is 15.4 Å². The highest BCUT2D eigenvalue weighted by Gasteiger charge is 2.11. The lowest BCUT2D eigenvalue weighted by Crippen LogP contribution is -2.29. The third kappa shape index (κ3) is 3.79. The summed E-state index contributed by atoms with van der Waals surface area (Å²) in [7, 11) is 3.67. The van der Waals surface area contributed by atoms with Crippen LogP contribution in [0.3, 0.4) is 0 Å². The first-order valence-corrected chi connectivity index (χ1v) is 6.24. The molecule has 1 rings (SSSR count). The van der Waals surface area contributed by atoms with Crippen LogP contribution in [0.4, 0.5) is 5.69 Å². The molecule has 2 N–H and O–H groups in total. The molecule has 0 heterocycles. The van der Waals surface area contributed by atoms with Crippen molar-refractivity contribution in [2.75, 3.05) is 32.1 Å². The second kappa shape index (κ2) is 6.72. The monoisotopic (exact) mass is 256 g/mol. The van der Waals surface area contributed by atoms with Crippen LogP contribution in [0, 0.1) is 5.92 Å². The van der Waals surface area contributed by atoms with Gasteiger partial charge in [-0.25, -0.2) is 0 Å². The minimum absolute atomic E-state index is 0.498. The Morgan fingerprint density at radius 2 is 2.18 bits per heavy atom. The Kier molecular flexibility index (Phi) is 5.59. The molecule has 0 amide bonds. The summed E-state index contributed by atoms with van der Waals surface area (Å²) in [5.41, 5.74) is 6.73. The van der Waals surface area contributed by atoms with Crippen molar-refractivity contribution in [2.24, 2.45) is 11.7 Å². The molecule has 0 saturated heterocycles. The van der Waals surface area contributed by atoms with Crippen LogP contribution < -0.4 is 15.4 Å². The van der Waals surface area contributed by atoms with Crippen molar-refractivity contribution in [1.29, 1.82) is 0 Å². The van der Waals surface area contributed by atoms with E-state index in [1.807, 2.05) is 25.2 Å². The third-order valence-corrected chi connectivity index (χ3v) is 3.31. The standard InChI is InChI=1S/C13H21ClN2O/c1-4-10(8-15)9-16(2)13-6-5-11(17-3)7-12(13)14/h5-7,10H,4,8-9,15H2,1-3H3. The Morgan fingerprint density at radius 1 is 1.47 bits per heavy atom. The maximum Gasteiger partial charge on any atom is 0.120 e. The van der Waals surface area contributed by atoms with Gasteiger partial charge in [0.1, 0.15) is 5.75 Å². The lowest BCUT2D eigenvalue weighted by atomic mass is 10.1. The zero-order valence-corrected chi connectivity index (χ0v) is 11.5. The molecule has 17 heavy (non-hydrogen) atoms. The minimum Gasteiger partial charge on any atom is -0.497 e. The second-order valence-electron chi connectivity index (χ2n) is 4.21. The maximum atomic E-state index is 6.22. The first-order chi connectivity index (χ1) is 8.12. The van der Waals surface area contributed by atoms with Gasteiger partial charge in [0.25, 0.3) is 0 Å². The predicted molar refractivity (Wildman–Crippen MR) is 74.1 cm³/mol. The number of benzene rings is 1. The topological polar surface area (TPSA) is 38.5 Å². The molecule has 0 fully saturated rings. The van der Waals surface area contributed by atoms with Crippen molar-refractivity contribution in [2.45, 2.75) is 13.3 Å². The SMILES string of the molecule is CCC(CN)CN(C)c1ccc(OC)cc1Cl. The molecule has 3 nitrogen and oxygen atoms in total. The van der Waals surface area contributed by atoms with Crippen LogP contribution in [-0.2, 0) is 0 Å². The first kappa shape index (κ1) is 14.1. The van der Waals surface area contributed by atoms with E-state index in [0.29, 0.717) is 17.5 Å². The quantitative estimate of drug-likeness (QED) is 0.851. The smallest absolute Gasteiger partial charge is 0.120 e. The zero-order valence-electron chi connectivity index (χ0n) is 10.7. The van der Waals surface area contributed by atoms with Crippen molar-refractivity contribution in [3.05, 3.63) is 23.2 Å². The summed E-state index contributed by atoms with van der Waals surface area (Å²) in [5.74, 6) is 1.27. The number of nitrogens with two attached hydrogens (primary N) is 1. The minimum atomic E-state index is 0.498. The van der Waals surface area contributed by atoms with Gasteiger partial charge in [0.2, 0.25) is 0 Å². The van der Waals surface area contributed by atoms with Crippen LogP contribution in [0.2, 0.25) is 5.02 Å². The lowest BCUT2D eigenvalue weighted by molar-refractivity contribution is 0.415. The fourth-order valence-electron chi connectivity index (χ4n) is 1.78. The molecule has 0 aliphatic rings. The number of halogens is 1. The first-order valence-electron chi connectivity index (χ1n) is 5.87. The van der Waals surface area contributed by atoms with E-state index in [4.69, 9.17) is 22.1 Å². The second-order valence-corrected chi connectivity index (χ2v) is 4.62. The van der Waals surface area contributed by atoms with E-state index < -0.39 is 0 Å². The predicted octanol–water partition coefficient (Wildman–Crippen LogP) is 2.77. The molecule has 0 bridgehead atoms. The number of hydrogen-bond acceptors (Lipinski definition) is 3. The molecule has 96 valence electrons. The Bertz CT molecular complexity index is 353. The van der Waals surface area contributed by atoms with E-state index in [1.54, 1.807) is 7.11 Å². The summed E-state index contributed by atoms with van der Waals surface area (Å²) < 4.78 is 5.13. The van der Waals surface area contributed by atoms with Crippen molar-refractivity contribution in [3.63, 3.8) is 0 Å². The van der Waals surface area contributed by atoms with Gasteiger partial charge >= 0.3 is 0 Å². The molecular weight excluding hydrogens is 236 g/mol. The van der Waals surface area contributed by atoms with Crippen LogP contribution in [0.25, 0.3) is 0 Å². The molecular formula is C13H21ClN2O. The highest BCUT2D eigenvalue weighted by atomic mass is 35.5. The molecule has 0 aliphatic heterocycles. The van der Waals surface area contributed by atoms with Gasteiger partial charge in [0, 0.05) is 19.7 Å². The molecule has 1 atom stereocenters. The average Bonchev–Trinajstić information content (AvgIpc) is 2.35. The van der Waals surface area contributed by atoms with Gasteiger partial charge in [-0.3, -0.25) is 0 Å². The summed E-state index contributed by atoms with van der Waals surface area (Å²) in [4.78, 5) is 2.14. The van der Waals surface area contributed by atoms with E-state index in [-0.39, 0.29) is 0 Å². The molecule has 1 aromatic rings. The largest absolute Gasteiger partial charge is 0.497 e. The Labute approximate surface area is 109 Å². The van der Waals surface area contributed by atoms with Crippen LogP contribution in [-0.4, -0.2) is 27.2 Å². The van der Waals surface area contributed by atoms with Gasteiger partial charge in [-0.15, -0.1) is 0 Å². The summed E-state index contributed by atoms with van der Waals surface area (Å²) in [5, 5.41) is 0.707. The molecule has 0 aromatic heterocycles.